The second-order valence-corrected chi connectivity index (χ2v) is 16.2. The maximum absolute atomic E-state index is 5.38. The molecule has 0 fully saturated rings. The smallest absolute Gasteiger partial charge is 0.159 e. The molecule has 1 N–H and O–H groups in total. The first-order chi connectivity index (χ1) is 30.7. The van der Waals surface area contributed by atoms with E-state index in [-0.39, 0.29) is 6.17 Å². The molecule has 0 amide bonds. The SMILES string of the molecule is c1ccc(C2=NC(c3ccc4ccccc4c3)=NC(c3ccc(-n4c5cc6c7ccccc7n(-c7ccccc7)c6cc5c5c6ccccc6ccc54)c4ccccc34)N2)cc1. The lowest BCUT2D eigenvalue weighted by molar-refractivity contribution is 0.679. The molecule has 0 aliphatic carbocycles. The van der Waals surface area contributed by atoms with E-state index >= 15 is 0 Å². The predicted octanol–water partition coefficient (Wildman–Crippen LogP) is 13.8. The molecule has 10 aromatic carbocycles. The maximum Gasteiger partial charge on any atom is 0.159 e. The van der Waals surface area contributed by atoms with Gasteiger partial charge in [0.05, 0.1) is 27.8 Å². The van der Waals surface area contributed by atoms with Gasteiger partial charge in [0.15, 0.2) is 5.84 Å². The van der Waals surface area contributed by atoms with E-state index in [2.05, 4.69) is 221 Å². The topological polar surface area (TPSA) is 46.6 Å². The van der Waals surface area contributed by atoms with Gasteiger partial charge in [-0.3, -0.25) is 0 Å². The molecule has 5 heteroatoms. The van der Waals surface area contributed by atoms with Crippen molar-refractivity contribution in [2.24, 2.45) is 9.98 Å². The van der Waals surface area contributed by atoms with Crippen LogP contribution in [0.3, 0.4) is 0 Å². The Hall–Kier alpha value is -8.28. The van der Waals surface area contributed by atoms with Crippen LogP contribution in [0.4, 0.5) is 0 Å². The van der Waals surface area contributed by atoms with E-state index in [0.29, 0.717) is 5.84 Å². The first-order valence-electron chi connectivity index (χ1n) is 21.2. The van der Waals surface area contributed by atoms with E-state index in [1.807, 2.05) is 6.07 Å². The summed E-state index contributed by atoms with van der Waals surface area (Å²) in [6.45, 7) is 0. The fourth-order valence-electron chi connectivity index (χ4n) is 9.91. The number of benzene rings is 10. The minimum absolute atomic E-state index is 0.381. The molecule has 0 saturated carbocycles. The zero-order chi connectivity index (χ0) is 40.7. The molecule has 2 aromatic heterocycles. The quantitative estimate of drug-likeness (QED) is 0.185. The van der Waals surface area contributed by atoms with Crippen molar-refractivity contribution in [3.8, 4) is 11.4 Å². The Bertz CT molecular complexity index is 3840. The van der Waals surface area contributed by atoms with Gasteiger partial charge >= 0.3 is 0 Å². The average molecular weight is 792 g/mol. The maximum atomic E-state index is 5.38. The van der Waals surface area contributed by atoms with Gasteiger partial charge in [0.25, 0.3) is 0 Å². The van der Waals surface area contributed by atoms with Crippen molar-refractivity contribution in [1.29, 1.82) is 0 Å². The van der Waals surface area contributed by atoms with Crippen LogP contribution in [-0.4, -0.2) is 20.8 Å². The molecule has 1 aliphatic heterocycles. The van der Waals surface area contributed by atoms with Crippen molar-refractivity contribution in [1.82, 2.24) is 14.5 Å². The Kier molecular flexibility index (Phi) is 7.60. The molecule has 12 aromatic rings. The first-order valence-corrected chi connectivity index (χ1v) is 21.2. The number of hydrogen-bond donors (Lipinski definition) is 1. The van der Waals surface area contributed by atoms with Crippen molar-refractivity contribution in [2.75, 3.05) is 0 Å². The van der Waals surface area contributed by atoms with Gasteiger partial charge in [0.2, 0.25) is 0 Å². The Morgan fingerprint density at radius 1 is 0.387 bits per heavy atom. The lowest BCUT2D eigenvalue weighted by Gasteiger charge is -2.25. The molecule has 1 unspecified atom stereocenters. The second-order valence-electron chi connectivity index (χ2n) is 16.2. The van der Waals surface area contributed by atoms with E-state index in [4.69, 9.17) is 9.98 Å². The lowest BCUT2D eigenvalue weighted by Crippen LogP contribution is -2.33. The van der Waals surface area contributed by atoms with Crippen molar-refractivity contribution in [2.45, 2.75) is 6.17 Å². The molecular formula is C57H37N5. The summed E-state index contributed by atoms with van der Waals surface area (Å²) in [6.07, 6.45) is -0.381. The molecule has 5 nitrogen and oxygen atoms in total. The van der Waals surface area contributed by atoms with E-state index in [1.165, 1.54) is 59.8 Å². The van der Waals surface area contributed by atoms with Crippen LogP contribution < -0.4 is 5.32 Å². The van der Waals surface area contributed by atoms with Crippen molar-refractivity contribution in [3.63, 3.8) is 0 Å². The highest BCUT2D eigenvalue weighted by Crippen LogP contribution is 2.43. The summed E-state index contributed by atoms with van der Waals surface area (Å²) < 4.78 is 4.91. The van der Waals surface area contributed by atoms with Crippen molar-refractivity contribution < 1.29 is 0 Å². The molecule has 0 bridgehead atoms. The number of aromatic nitrogens is 2. The predicted molar refractivity (Wildman–Crippen MR) is 259 cm³/mol. The van der Waals surface area contributed by atoms with Crippen LogP contribution in [0.1, 0.15) is 22.9 Å². The third-order valence-electron chi connectivity index (χ3n) is 12.7. The van der Waals surface area contributed by atoms with E-state index in [0.717, 1.165) is 50.1 Å². The van der Waals surface area contributed by atoms with Gasteiger partial charge in [-0.15, -0.1) is 0 Å². The highest BCUT2D eigenvalue weighted by Gasteiger charge is 2.25. The third-order valence-corrected chi connectivity index (χ3v) is 12.7. The van der Waals surface area contributed by atoms with Gasteiger partial charge in [-0.05, 0) is 75.5 Å². The average Bonchev–Trinajstić information content (AvgIpc) is 3.85. The van der Waals surface area contributed by atoms with Gasteiger partial charge in [-0.2, -0.15) is 0 Å². The highest BCUT2D eigenvalue weighted by molar-refractivity contribution is 6.25. The Morgan fingerprint density at radius 3 is 1.87 bits per heavy atom. The Morgan fingerprint density at radius 2 is 1.03 bits per heavy atom. The van der Waals surface area contributed by atoms with Gasteiger partial charge in [-0.25, -0.2) is 9.98 Å². The third kappa shape index (κ3) is 5.28. The monoisotopic (exact) mass is 791 g/mol. The second kappa shape index (κ2) is 13.6. The normalized spacial score (nSPS) is 14.3. The molecule has 62 heavy (non-hydrogen) atoms. The summed E-state index contributed by atoms with van der Waals surface area (Å²) in [5.74, 6) is 1.51. The van der Waals surface area contributed by atoms with E-state index in [1.54, 1.807) is 0 Å². The summed E-state index contributed by atoms with van der Waals surface area (Å²) in [5, 5.41) is 15.8. The van der Waals surface area contributed by atoms with Crippen LogP contribution in [0.5, 0.6) is 0 Å². The summed E-state index contributed by atoms with van der Waals surface area (Å²) in [4.78, 5) is 10.5. The van der Waals surface area contributed by atoms with Crippen LogP contribution >= 0.6 is 0 Å². The summed E-state index contributed by atoms with van der Waals surface area (Å²) in [5.41, 5.74) is 10.1. The summed E-state index contributed by atoms with van der Waals surface area (Å²) in [6, 6.07) is 76.4. The van der Waals surface area contributed by atoms with Crippen molar-refractivity contribution in [3.05, 3.63) is 229 Å². The first kappa shape index (κ1) is 34.6. The number of aliphatic imine (C=N–C) groups is 2. The lowest BCUT2D eigenvalue weighted by atomic mass is 9.99. The number of amidine groups is 2. The molecule has 0 saturated heterocycles. The van der Waals surface area contributed by atoms with Gasteiger partial charge in [0, 0.05) is 49.3 Å². The minimum Gasteiger partial charge on any atom is -0.344 e. The molecule has 1 atom stereocenters. The fourth-order valence-corrected chi connectivity index (χ4v) is 9.91. The van der Waals surface area contributed by atoms with Crippen LogP contribution in [0.15, 0.2) is 222 Å². The minimum atomic E-state index is -0.381. The number of nitrogens with zero attached hydrogens (tertiary/aromatic N) is 4. The fraction of sp³-hybridized carbons (Fsp3) is 0.0175. The van der Waals surface area contributed by atoms with Crippen LogP contribution in [0.2, 0.25) is 0 Å². The molecule has 0 spiro atoms. The van der Waals surface area contributed by atoms with Gasteiger partial charge < -0.3 is 14.5 Å². The number of nitrogens with one attached hydrogen (secondary N) is 1. The zero-order valence-corrected chi connectivity index (χ0v) is 33.6. The standard InChI is InChI=1S/C57H37N5/c1-3-17-38(18-4-1)55-58-56(40-28-27-36-15-7-8-19-39(36)33-40)60-57(59-55)46-30-32-50(44-24-12-11-23-43(44)46)62-51-31-29-37-16-9-10-22-42(37)54(51)48-35-52-47(34-53(48)62)45-25-13-14-26-49(45)61(52)41-20-5-2-6-21-41/h1-35,57H,(H,58,59,60). The largest absolute Gasteiger partial charge is 0.344 e. The summed E-state index contributed by atoms with van der Waals surface area (Å²) >= 11 is 0. The molecule has 1 aliphatic rings. The zero-order valence-electron chi connectivity index (χ0n) is 33.6. The van der Waals surface area contributed by atoms with Crippen LogP contribution in [-0.2, 0) is 0 Å². The Labute approximate surface area is 357 Å². The van der Waals surface area contributed by atoms with E-state index < -0.39 is 0 Å². The van der Waals surface area contributed by atoms with Gasteiger partial charge in [0.1, 0.15) is 12.0 Å². The van der Waals surface area contributed by atoms with Gasteiger partial charge in [-0.1, -0.05) is 164 Å². The molecule has 290 valence electrons. The summed E-state index contributed by atoms with van der Waals surface area (Å²) in [7, 11) is 0. The molecular weight excluding hydrogens is 755 g/mol. The molecule has 3 heterocycles. The van der Waals surface area contributed by atoms with Crippen LogP contribution in [0, 0.1) is 0 Å². The number of fused-ring (bicyclic) bond motifs is 10. The highest BCUT2D eigenvalue weighted by atomic mass is 15.2. The number of hydrogen-bond acceptors (Lipinski definition) is 3. The molecule has 0 radical (unpaired) electrons. The number of para-hydroxylation sites is 2. The number of rotatable bonds is 5. The molecule has 13 rings (SSSR count). The van der Waals surface area contributed by atoms with Crippen LogP contribution in [0.25, 0.3) is 87.3 Å². The van der Waals surface area contributed by atoms with E-state index in [9.17, 15) is 0 Å². The Balaban J connectivity index is 1.06. The van der Waals surface area contributed by atoms with Crippen molar-refractivity contribution >= 4 is 87.6 Å².